The predicted molar refractivity (Wildman–Crippen MR) is 97.5 cm³/mol. The fourth-order valence-corrected chi connectivity index (χ4v) is 3.72. The number of piperidine rings is 1. The maximum atomic E-state index is 14.0. The number of rotatable bonds is 3. The van der Waals surface area contributed by atoms with E-state index in [0.717, 1.165) is 38.3 Å². The van der Waals surface area contributed by atoms with Crippen LogP contribution in [0.15, 0.2) is 23.2 Å². The smallest absolute Gasteiger partial charge is 0.219 e. The molecule has 1 aliphatic carbocycles. The monoisotopic (exact) mass is 366 g/mol. The van der Waals surface area contributed by atoms with Gasteiger partial charge in [-0.15, -0.1) is 0 Å². The standard InChI is InChI=1S/C18H24ClFN4O/c1-11(25)24-8-6-12(7-9-24)22-18(21-2)23-16-10-13(16)17-14(19)4-3-5-15(17)20/h3-5,12-13,16H,6-10H2,1-2H3,(H2,21,22,23). The van der Waals surface area contributed by atoms with E-state index in [1.54, 1.807) is 26.1 Å². The summed E-state index contributed by atoms with van der Waals surface area (Å²) in [5.74, 6) is 0.679. The first kappa shape index (κ1) is 18.0. The van der Waals surface area contributed by atoms with E-state index in [9.17, 15) is 9.18 Å². The van der Waals surface area contributed by atoms with Crippen LogP contribution in [0.4, 0.5) is 4.39 Å². The first-order valence-corrected chi connectivity index (χ1v) is 9.06. The van der Waals surface area contributed by atoms with Crippen LogP contribution in [0.2, 0.25) is 5.02 Å². The van der Waals surface area contributed by atoms with Gasteiger partial charge >= 0.3 is 0 Å². The first-order chi connectivity index (χ1) is 12.0. The number of nitrogens with zero attached hydrogens (tertiary/aromatic N) is 2. The molecule has 2 aliphatic rings. The van der Waals surface area contributed by atoms with Crippen LogP contribution in [0.3, 0.4) is 0 Å². The molecule has 2 fully saturated rings. The fraction of sp³-hybridized carbons (Fsp3) is 0.556. The minimum absolute atomic E-state index is 0.0758. The van der Waals surface area contributed by atoms with Gasteiger partial charge in [0, 0.05) is 55.6 Å². The number of carbonyl (C=O) groups is 1. The molecule has 1 heterocycles. The molecule has 0 aromatic heterocycles. The van der Waals surface area contributed by atoms with E-state index in [0.29, 0.717) is 10.6 Å². The summed E-state index contributed by atoms with van der Waals surface area (Å²) in [6.07, 6.45) is 2.63. The molecule has 0 spiro atoms. The van der Waals surface area contributed by atoms with Gasteiger partial charge in [0.1, 0.15) is 5.82 Å². The van der Waals surface area contributed by atoms with Crippen LogP contribution in [-0.2, 0) is 4.79 Å². The zero-order chi connectivity index (χ0) is 18.0. The number of guanidine groups is 1. The Morgan fingerprint density at radius 3 is 2.64 bits per heavy atom. The number of carbonyl (C=O) groups excluding carboxylic acids is 1. The molecule has 136 valence electrons. The maximum Gasteiger partial charge on any atom is 0.219 e. The number of hydrogen-bond acceptors (Lipinski definition) is 2. The van der Waals surface area contributed by atoms with Crippen molar-refractivity contribution in [2.24, 2.45) is 4.99 Å². The zero-order valence-electron chi connectivity index (χ0n) is 14.6. The van der Waals surface area contributed by atoms with Crippen molar-refractivity contribution in [3.8, 4) is 0 Å². The Bertz CT molecular complexity index is 653. The Kier molecular flexibility index (Phi) is 5.47. The van der Waals surface area contributed by atoms with Crippen molar-refractivity contribution in [1.82, 2.24) is 15.5 Å². The molecule has 1 amide bonds. The molecule has 2 atom stereocenters. The number of benzene rings is 1. The van der Waals surface area contributed by atoms with E-state index in [1.165, 1.54) is 6.07 Å². The second kappa shape index (κ2) is 7.60. The Balaban J connectivity index is 1.52. The molecule has 1 saturated heterocycles. The molecule has 25 heavy (non-hydrogen) atoms. The predicted octanol–water partition coefficient (Wildman–Crippen LogP) is 2.51. The van der Waals surface area contributed by atoms with Crippen LogP contribution < -0.4 is 10.6 Å². The molecule has 5 nitrogen and oxygen atoms in total. The average Bonchev–Trinajstić information content (AvgIpc) is 3.33. The minimum atomic E-state index is -0.249. The van der Waals surface area contributed by atoms with Crippen LogP contribution >= 0.6 is 11.6 Å². The quantitative estimate of drug-likeness (QED) is 0.638. The van der Waals surface area contributed by atoms with Crippen molar-refractivity contribution < 1.29 is 9.18 Å². The Morgan fingerprint density at radius 2 is 2.04 bits per heavy atom. The zero-order valence-corrected chi connectivity index (χ0v) is 15.3. The van der Waals surface area contributed by atoms with Crippen LogP contribution in [0.25, 0.3) is 0 Å². The third-order valence-electron chi connectivity index (χ3n) is 4.99. The highest BCUT2D eigenvalue weighted by Crippen LogP contribution is 2.44. The molecule has 1 aliphatic heterocycles. The van der Waals surface area contributed by atoms with Crippen LogP contribution in [0.5, 0.6) is 0 Å². The van der Waals surface area contributed by atoms with Crippen molar-refractivity contribution in [2.75, 3.05) is 20.1 Å². The summed E-state index contributed by atoms with van der Waals surface area (Å²) in [6.45, 7) is 3.14. The SMILES string of the molecule is CN=C(NC1CCN(C(C)=O)CC1)NC1CC1c1c(F)cccc1Cl. The third kappa shape index (κ3) is 4.24. The van der Waals surface area contributed by atoms with Crippen LogP contribution in [-0.4, -0.2) is 49.0 Å². The number of hydrogen-bond donors (Lipinski definition) is 2. The number of aliphatic imine (C=N–C) groups is 1. The Labute approximate surface area is 152 Å². The number of amides is 1. The van der Waals surface area contributed by atoms with Crippen molar-refractivity contribution in [1.29, 1.82) is 0 Å². The first-order valence-electron chi connectivity index (χ1n) is 8.69. The highest BCUT2D eigenvalue weighted by Gasteiger charge is 2.42. The number of nitrogens with one attached hydrogen (secondary N) is 2. The second-order valence-electron chi connectivity index (χ2n) is 6.73. The van der Waals surface area contributed by atoms with Gasteiger partial charge in [0.05, 0.1) is 0 Å². The van der Waals surface area contributed by atoms with Gasteiger partial charge in [-0.2, -0.15) is 0 Å². The molecule has 3 rings (SSSR count). The van der Waals surface area contributed by atoms with Crippen molar-refractivity contribution in [3.05, 3.63) is 34.6 Å². The highest BCUT2D eigenvalue weighted by atomic mass is 35.5. The lowest BCUT2D eigenvalue weighted by atomic mass is 10.1. The minimum Gasteiger partial charge on any atom is -0.354 e. The summed E-state index contributed by atoms with van der Waals surface area (Å²) in [5.41, 5.74) is 0.590. The van der Waals surface area contributed by atoms with Gasteiger partial charge in [0.15, 0.2) is 5.96 Å². The fourth-order valence-electron chi connectivity index (χ4n) is 3.42. The Hall–Kier alpha value is -1.82. The van der Waals surface area contributed by atoms with E-state index in [2.05, 4.69) is 15.6 Å². The molecule has 7 heteroatoms. The number of likely N-dealkylation sites (tertiary alicyclic amines) is 1. The van der Waals surface area contributed by atoms with Gasteiger partial charge in [0.25, 0.3) is 0 Å². The summed E-state index contributed by atoms with van der Waals surface area (Å²) in [6, 6.07) is 5.23. The van der Waals surface area contributed by atoms with Crippen molar-refractivity contribution in [2.45, 2.75) is 44.2 Å². The molecule has 0 radical (unpaired) electrons. The summed E-state index contributed by atoms with van der Waals surface area (Å²) >= 11 is 6.15. The highest BCUT2D eigenvalue weighted by molar-refractivity contribution is 6.31. The van der Waals surface area contributed by atoms with E-state index in [-0.39, 0.29) is 29.7 Å². The molecule has 1 saturated carbocycles. The topological polar surface area (TPSA) is 56.7 Å². The van der Waals surface area contributed by atoms with Gasteiger partial charge in [-0.3, -0.25) is 9.79 Å². The third-order valence-corrected chi connectivity index (χ3v) is 5.32. The van der Waals surface area contributed by atoms with Crippen molar-refractivity contribution >= 4 is 23.5 Å². The normalized spacial score (nSPS) is 24.2. The lowest BCUT2D eigenvalue weighted by Crippen LogP contribution is -2.50. The lowest BCUT2D eigenvalue weighted by Gasteiger charge is -2.32. The Morgan fingerprint density at radius 1 is 1.32 bits per heavy atom. The second-order valence-corrected chi connectivity index (χ2v) is 7.13. The largest absolute Gasteiger partial charge is 0.354 e. The maximum absolute atomic E-state index is 14.0. The molecule has 2 N–H and O–H groups in total. The van der Waals surface area contributed by atoms with E-state index >= 15 is 0 Å². The van der Waals surface area contributed by atoms with Gasteiger partial charge in [-0.05, 0) is 31.4 Å². The molecule has 1 aromatic carbocycles. The van der Waals surface area contributed by atoms with Gasteiger partial charge in [-0.1, -0.05) is 17.7 Å². The summed E-state index contributed by atoms with van der Waals surface area (Å²) in [7, 11) is 1.73. The van der Waals surface area contributed by atoms with Gasteiger partial charge in [0.2, 0.25) is 5.91 Å². The molecular formula is C18H24ClFN4O. The lowest BCUT2D eigenvalue weighted by molar-refractivity contribution is -0.129. The molecular weight excluding hydrogens is 343 g/mol. The number of halogens is 2. The van der Waals surface area contributed by atoms with E-state index in [1.807, 2.05) is 4.90 Å². The van der Waals surface area contributed by atoms with Gasteiger partial charge < -0.3 is 15.5 Å². The van der Waals surface area contributed by atoms with Crippen LogP contribution in [0.1, 0.15) is 37.7 Å². The van der Waals surface area contributed by atoms with Gasteiger partial charge in [-0.25, -0.2) is 4.39 Å². The van der Waals surface area contributed by atoms with Crippen molar-refractivity contribution in [3.63, 3.8) is 0 Å². The summed E-state index contributed by atoms with van der Waals surface area (Å²) in [4.78, 5) is 17.5. The molecule has 2 unspecified atom stereocenters. The molecule has 0 bridgehead atoms. The average molecular weight is 367 g/mol. The summed E-state index contributed by atoms with van der Waals surface area (Å²) in [5, 5.41) is 7.25. The summed E-state index contributed by atoms with van der Waals surface area (Å²) < 4.78 is 14.0. The van der Waals surface area contributed by atoms with E-state index < -0.39 is 0 Å². The van der Waals surface area contributed by atoms with E-state index in [4.69, 9.17) is 11.6 Å². The van der Waals surface area contributed by atoms with Crippen LogP contribution in [0, 0.1) is 5.82 Å². The molecule has 1 aromatic rings.